The molecule has 0 saturated carbocycles. The summed E-state index contributed by atoms with van der Waals surface area (Å²) in [4.78, 5) is 17.6. The molecule has 2 aromatic heterocycles. The van der Waals surface area contributed by atoms with Crippen molar-refractivity contribution in [3.8, 4) is 9.88 Å². The second kappa shape index (κ2) is 7.00. The summed E-state index contributed by atoms with van der Waals surface area (Å²) in [6.45, 7) is 1.78. The largest absolute Gasteiger partial charge is 0.354 e. The van der Waals surface area contributed by atoms with Crippen LogP contribution < -0.4 is 10.6 Å². The molecule has 21 heavy (non-hydrogen) atoms. The normalized spacial score (nSPS) is 18.0. The van der Waals surface area contributed by atoms with Crippen LogP contribution >= 0.6 is 38.6 Å². The van der Waals surface area contributed by atoms with Crippen molar-refractivity contribution < 1.29 is 4.79 Å². The number of hydrogen-bond acceptors (Lipinski definition) is 5. The lowest BCUT2D eigenvalue weighted by Gasteiger charge is -2.10. The van der Waals surface area contributed by atoms with E-state index in [0.29, 0.717) is 19.0 Å². The van der Waals surface area contributed by atoms with E-state index in [1.807, 2.05) is 10.8 Å². The Morgan fingerprint density at radius 1 is 1.48 bits per heavy atom. The highest BCUT2D eigenvalue weighted by molar-refractivity contribution is 9.10. The monoisotopic (exact) mass is 385 g/mol. The standard InChI is InChI=1S/C14H16BrN3OS2/c15-9-4-12(20-7-9)14-18-11(8-21-14)5-13(19)17-6-10-2-1-3-16-10/h4,7-8,10,16H,1-3,5-6H2,(H,17,19). The maximum Gasteiger partial charge on any atom is 0.226 e. The van der Waals surface area contributed by atoms with E-state index in [0.717, 1.165) is 33.0 Å². The van der Waals surface area contributed by atoms with E-state index >= 15 is 0 Å². The summed E-state index contributed by atoms with van der Waals surface area (Å²) < 4.78 is 1.07. The van der Waals surface area contributed by atoms with Gasteiger partial charge in [-0.1, -0.05) is 0 Å². The quantitative estimate of drug-likeness (QED) is 0.831. The van der Waals surface area contributed by atoms with Gasteiger partial charge in [-0.25, -0.2) is 4.98 Å². The molecule has 3 rings (SSSR count). The highest BCUT2D eigenvalue weighted by atomic mass is 79.9. The smallest absolute Gasteiger partial charge is 0.226 e. The number of hydrogen-bond donors (Lipinski definition) is 2. The molecule has 2 N–H and O–H groups in total. The zero-order chi connectivity index (χ0) is 14.7. The third-order valence-electron chi connectivity index (χ3n) is 3.38. The Hall–Kier alpha value is -0.760. The Kier molecular flexibility index (Phi) is 5.05. The number of carbonyl (C=O) groups excluding carboxylic acids is 1. The van der Waals surface area contributed by atoms with Crippen molar-refractivity contribution in [2.24, 2.45) is 0 Å². The molecule has 4 nitrogen and oxygen atoms in total. The summed E-state index contributed by atoms with van der Waals surface area (Å²) in [5.74, 6) is 0.0490. The Balaban J connectivity index is 1.53. The third-order valence-corrected chi connectivity index (χ3v) is 6.13. The molecule has 1 amide bonds. The minimum atomic E-state index is 0.0490. The van der Waals surface area contributed by atoms with Gasteiger partial charge in [-0.2, -0.15) is 0 Å². The van der Waals surface area contributed by atoms with E-state index in [9.17, 15) is 4.79 Å². The Labute approximate surface area is 140 Å². The summed E-state index contributed by atoms with van der Waals surface area (Å²) in [5.41, 5.74) is 0.844. The second-order valence-corrected chi connectivity index (χ2v) is 7.73. The lowest BCUT2D eigenvalue weighted by atomic mass is 10.2. The highest BCUT2D eigenvalue weighted by Gasteiger charge is 2.15. The van der Waals surface area contributed by atoms with Crippen LogP contribution in [0.25, 0.3) is 9.88 Å². The lowest BCUT2D eigenvalue weighted by Crippen LogP contribution is -2.37. The number of nitrogens with one attached hydrogen (secondary N) is 2. The van der Waals surface area contributed by atoms with Crippen molar-refractivity contribution in [3.05, 3.63) is 27.0 Å². The number of carbonyl (C=O) groups is 1. The van der Waals surface area contributed by atoms with Crippen LogP contribution in [0.15, 0.2) is 21.3 Å². The molecule has 0 aromatic carbocycles. The van der Waals surface area contributed by atoms with Crippen molar-refractivity contribution in [3.63, 3.8) is 0 Å². The van der Waals surface area contributed by atoms with E-state index < -0.39 is 0 Å². The summed E-state index contributed by atoms with van der Waals surface area (Å²) in [5, 5.41) is 11.3. The van der Waals surface area contributed by atoms with Gasteiger partial charge in [0, 0.05) is 27.8 Å². The van der Waals surface area contributed by atoms with Gasteiger partial charge >= 0.3 is 0 Å². The fourth-order valence-corrected chi connectivity index (χ4v) is 4.65. The van der Waals surface area contributed by atoms with Gasteiger partial charge in [0.1, 0.15) is 5.01 Å². The summed E-state index contributed by atoms with van der Waals surface area (Å²) >= 11 is 6.69. The Morgan fingerprint density at radius 2 is 2.38 bits per heavy atom. The number of nitrogens with zero attached hydrogens (tertiary/aromatic N) is 1. The number of thiophene rings is 1. The van der Waals surface area contributed by atoms with Crippen molar-refractivity contribution >= 4 is 44.5 Å². The van der Waals surface area contributed by atoms with E-state index in [1.54, 1.807) is 22.7 Å². The number of rotatable bonds is 5. The fourth-order valence-electron chi connectivity index (χ4n) is 2.32. The molecule has 1 aliphatic heterocycles. The van der Waals surface area contributed by atoms with Gasteiger partial charge in [0.25, 0.3) is 0 Å². The van der Waals surface area contributed by atoms with Crippen LogP contribution in [0.1, 0.15) is 18.5 Å². The van der Waals surface area contributed by atoms with Gasteiger partial charge < -0.3 is 10.6 Å². The minimum Gasteiger partial charge on any atom is -0.354 e. The summed E-state index contributed by atoms with van der Waals surface area (Å²) in [6, 6.07) is 2.49. The van der Waals surface area contributed by atoms with Gasteiger partial charge in [0.2, 0.25) is 5.91 Å². The summed E-state index contributed by atoms with van der Waals surface area (Å²) in [6.07, 6.45) is 2.70. The first-order chi connectivity index (χ1) is 10.2. The van der Waals surface area contributed by atoms with Crippen LogP contribution in [0.5, 0.6) is 0 Å². The van der Waals surface area contributed by atoms with Crippen LogP contribution in [0.4, 0.5) is 0 Å². The molecule has 0 bridgehead atoms. The predicted octanol–water partition coefficient (Wildman–Crippen LogP) is 3.04. The first-order valence-corrected chi connectivity index (χ1v) is 9.45. The van der Waals surface area contributed by atoms with Gasteiger partial charge in [0.05, 0.1) is 17.0 Å². The minimum absolute atomic E-state index is 0.0490. The molecule has 3 heterocycles. The average molecular weight is 386 g/mol. The van der Waals surface area contributed by atoms with Gasteiger partial charge in [-0.3, -0.25) is 4.79 Å². The molecule has 7 heteroatoms. The van der Waals surface area contributed by atoms with Crippen molar-refractivity contribution in [1.82, 2.24) is 15.6 Å². The second-order valence-electron chi connectivity index (χ2n) is 5.05. The topological polar surface area (TPSA) is 54.0 Å². The molecular formula is C14H16BrN3OS2. The molecule has 0 aliphatic carbocycles. The Morgan fingerprint density at radius 3 is 3.10 bits per heavy atom. The maximum absolute atomic E-state index is 11.9. The molecule has 1 saturated heterocycles. The number of aromatic nitrogens is 1. The average Bonchev–Trinajstić information content (AvgIpc) is 3.17. The third kappa shape index (κ3) is 4.12. The zero-order valence-electron chi connectivity index (χ0n) is 11.4. The van der Waals surface area contributed by atoms with Crippen molar-refractivity contribution in [1.29, 1.82) is 0 Å². The van der Waals surface area contributed by atoms with E-state index in [-0.39, 0.29) is 5.91 Å². The first-order valence-electron chi connectivity index (χ1n) is 6.89. The van der Waals surface area contributed by atoms with Crippen LogP contribution in [0, 0.1) is 0 Å². The molecule has 1 atom stereocenters. The summed E-state index contributed by atoms with van der Waals surface area (Å²) in [7, 11) is 0. The van der Waals surface area contributed by atoms with E-state index in [2.05, 4.69) is 37.6 Å². The van der Waals surface area contributed by atoms with Gasteiger partial charge in [0.15, 0.2) is 0 Å². The first kappa shape index (κ1) is 15.1. The molecule has 112 valence electrons. The van der Waals surface area contributed by atoms with Crippen LogP contribution in [-0.2, 0) is 11.2 Å². The molecule has 1 aliphatic rings. The number of amides is 1. The fraction of sp³-hybridized carbons (Fsp3) is 0.429. The molecule has 0 spiro atoms. The van der Waals surface area contributed by atoms with Crippen LogP contribution in [-0.4, -0.2) is 30.0 Å². The number of halogens is 1. The predicted molar refractivity (Wildman–Crippen MR) is 90.9 cm³/mol. The molecular weight excluding hydrogens is 370 g/mol. The highest BCUT2D eigenvalue weighted by Crippen LogP contribution is 2.32. The van der Waals surface area contributed by atoms with Gasteiger partial charge in [-0.15, -0.1) is 22.7 Å². The SMILES string of the molecule is O=C(Cc1csc(-c2cc(Br)cs2)n1)NCC1CCCN1. The van der Waals surface area contributed by atoms with Crippen LogP contribution in [0.2, 0.25) is 0 Å². The van der Waals surface area contributed by atoms with Crippen molar-refractivity contribution in [2.75, 3.05) is 13.1 Å². The molecule has 2 aromatic rings. The molecule has 0 radical (unpaired) electrons. The van der Waals surface area contributed by atoms with E-state index in [4.69, 9.17) is 0 Å². The molecule has 1 unspecified atom stereocenters. The zero-order valence-corrected chi connectivity index (χ0v) is 14.6. The van der Waals surface area contributed by atoms with E-state index in [1.165, 1.54) is 6.42 Å². The Bertz CT molecular complexity index is 619. The maximum atomic E-state index is 11.9. The number of thiazole rings is 1. The van der Waals surface area contributed by atoms with Gasteiger partial charge in [-0.05, 0) is 41.4 Å². The lowest BCUT2D eigenvalue weighted by molar-refractivity contribution is -0.120. The molecule has 1 fully saturated rings. The van der Waals surface area contributed by atoms with Crippen LogP contribution in [0.3, 0.4) is 0 Å². The van der Waals surface area contributed by atoms with Crippen molar-refractivity contribution in [2.45, 2.75) is 25.3 Å².